The third-order valence-corrected chi connectivity index (χ3v) is 6.07. The molecule has 3 heterocycles. The van der Waals surface area contributed by atoms with E-state index < -0.39 is 0 Å². The zero-order chi connectivity index (χ0) is 24.2. The smallest absolute Gasteiger partial charge is 0.231 e. The van der Waals surface area contributed by atoms with E-state index in [0.717, 1.165) is 37.2 Å². The largest absolute Gasteiger partial charge is 0.341 e. The van der Waals surface area contributed by atoms with Crippen molar-refractivity contribution in [3.63, 3.8) is 0 Å². The highest BCUT2D eigenvalue weighted by molar-refractivity contribution is 5.89. The van der Waals surface area contributed by atoms with Gasteiger partial charge < -0.3 is 15.5 Å². The molecule has 1 saturated heterocycles. The van der Waals surface area contributed by atoms with Crippen LogP contribution in [0.15, 0.2) is 67.3 Å². The number of hydrogen-bond donors (Lipinski definition) is 2. The number of nitrogens with one attached hydrogen (secondary N) is 2. The molecule has 9 nitrogen and oxygen atoms in total. The fourth-order valence-corrected chi connectivity index (χ4v) is 4.35. The van der Waals surface area contributed by atoms with E-state index in [1.54, 1.807) is 0 Å². The van der Waals surface area contributed by atoms with Gasteiger partial charge in [-0.05, 0) is 43.5 Å². The highest BCUT2D eigenvalue weighted by atomic mass is 16.1. The number of hydrogen-bond acceptors (Lipinski definition) is 7. The second kappa shape index (κ2) is 9.92. The number of benzene rings is 2. The molecule has 178 valence electrons. The fraction of sp³-hybridized carbons (Fsp3) is 0.269. The van der Waals surface area contributed by atoms with Gasteiger partial charge in [-0.15, -0.1) is 0 Å². The summed E-state index contributed by atoms with van der Waals surface area (Å²) in [5, 5.41) is 10.6. The van der Waals surface area contributed by atoms with Crippen LogP contribution >= 0.6 is 0 Å². The summed E-state index contributed by atoms with van der Waals surface area (Å²) in [6, 6.07) is 16.3. The Kier molecular flexibility index (Phi) is 6.38. The van der Waals surface area contributed by atoms with Crippen molar-refractivity contribution in [3.05, 3.63) is 72.8 Å². The minimum atomic E-state index is -0.116. The topological polar surface area (TPSA) is 101 Å². The Morgan fingerprint density at radius 1 is 1.00 bits per heavy atom. The molecular weight excluding hydrogens is 440 g/mol. The first-order valence-corrected chi connectivity index (χ1v) is 11.7. The normalized spacial score (nSPS) is 14.1. The lowest BCUT2D eigenvalue weighted by Crippen LogP contribution is -2.36. The highest BCUT2D eigenvalue weighted by Gasteiger charge is 2.23. The molecule has 0 atom stereocenters. The van der Waals surface area contributed by atoms with E-state index in [1.165, 1.54) is 24.4 Å². The standard InChI is InChI=1S/C26H28N8O/c1-18-5-3-6-20(13-18)21-15-29-34(16-21)24-9-11-33(12-10-24)26-28-17-27-25(32-26)31-23-8-4-7-22(14-23)30-19(2)35/h3-8,13-17,24H,9-12H2,1-2H3,(H,30,35)(H,27,28,31,32). The van der Waals surface area contributed by atoms with E-state index in [4.69, 9.17) is 0 Å². The quantitative estimate of drug-likeness (QED) is 0.427. The average molecular weight is 469 g/mol. The van der Waals surface area contributed by atoms with Gasteiger partial charge in [0.2, 0.25) is 17.8 Å². The molecule has 4 aromatic rings. The van der Waals surface area contributed by atoms with E-state index in [9.17, 15) is 4.79 Å². The number of anilines is 4. The Hall–Kier alpha value is -4.27. The minimum absolute atomic E-state index is 0.116. The lowest BCUT2D eigenvalue weighted by Gasteiger charge is -2.32. The first-order chi connectivity index (χ1) is 17.0. The van der Waals surface area contributed by atoms with Crippen LogP contribution in [0.3, 0.4) is 0 Å². The summed E-state index contributed by atoms with van der Waals surface area (Å²) in [7, 11) is 0. The molecule has 0 spiro atoms. The molecule has 1 aliphatic heterocycles. The number of rotatable bonds is 6. The summed E-state index contributed by atoms with van der Waals surface area (Å²) >= 11 is 0. The zero-order valence-corrected chi connectivity index (χ0v) is 19.8. The predicted molar refractivity (Wildman–Crippen MR) is 137 cm³/mol. The number of nitrogens with zero attached hydrogens (tertiary/aromatic N) is 6. The SMILES string of the molecule is CC(=O)Nc1cccc(Nc2ncnc(N3CCC(n4cc(-c5cccc(C)c5)cn4)CC3)n2)c1. The van der Waals surface area contributed by atoms with Gasteiger partial charge in [0.25, 0.3) is 0 Å². The van der Waals surface area contributed by atoms with Gasteiger partial charge in [-0.2, -0.15) is 10.1 Å². The second-order valence-electron chi connectivity index (χ2n) is 8.79. The van der Waals surface area contributed by atoms with Crippen molar-refractivity contribution in [1.29, 1.82) is 0 Å². The van der Waals surface area contributed by atoms with Gasteiger partial charge in [-0.25, -0.2) is 9.97 Å². The average Bonchev–Trinajstić information content (AvgIpc) is 3.35. The van der Waals surface area contributed by atoms with Crippen LogP contribution in [-0.2, 0) is 4.79 Å². The number of piperidine rings is 1. The molecule has 0 bridgehead atoms. The minimum Gasteiger partial charge on any atom is -0.341 e. The molecule has 9 heteroatoms. The summed E-state index contributed by atoms with van der Waals surface area (Å²) in [6.07, 6.45) is 7.54. The van der Waals surface area contributed by atoms with Gasteiger partial charge in [-0.1, -0.05) is 35.9 Å². The number of carbonyl (C=O) groups is 1. The van der Waals surface area contributed by atoms with Crippen molar-refractivity contribution in [3.8, 4) is 11.1 Å². The van der Waals surface area contributed by atoms with Crippen LogP contribution in [0.5, 0.6) is 0 Å². The van der Waals surface area contributed by atoms with Gasteiger partial charge in [0.05, 0.1) is 12.2 Å². The van der Waals surface area contributed by atoms with Crippen LogP contribution < -0.4 is 15.5 Å². The number of aryl methyl sites for hydroxylation is 1. The lowest BCUT2D eigenvalue weighted by molar-refractivity contribution is -0.114. The molecule has 0 unspecified atom stereocenters. The maximum absolute atomic E-state index is 11.3. The number of aromatic nitrogens is 5. The third-order valence-electron chi connectivity index (χ3n) is 6.07. The summed E-state index contributed by atoms with van der Waals surface area (Å²) in [5.74, 6) is 1.00. The van der Waals surface area contributed by atoms with Crippen molar-refractivity contribution in [2.75, 3.05) is 28.6 Å². The fourth-order valence-electron chi connectivity index (χ4n) is 4.35. The zero-order valence-electron chi connectivity index (χ0n) is 19.8. The van der Waals surface area contributed by atoms with Gasteiger partial charge in [0.15, 0.2) is 0 Å². The summed E-state index contributed by atoms with van der Waals surface area (Å²) in [5.41, 5.74) is 5.09. The van der Waals surface area contributed by atoms with Crippen LogP contribution in [-0.4, -0.2) is 43.7 Å². The van der Waals surface area contributed by atoms with Gasteiger partial charge >= 0.3 is 0 Å². The van der Waals surface area contributed by atoms with Crippen LogP contribution in [0.2, 0.25) is 0 Å². The maximum atomic E-state index is 11.3. The van der Waals surface area contributed by atoms with Gasteiger partial charge in [0.1, 0.15) is 6.33 Å². The van der Waals surface area contributed by atoms with Crippen molar-refractivity contribution in [2.24, 2.45) is 0 Å². The Labute approximate surface area is 204 Å². The van der Waals surface area contributed by atoms with Crippen LogP contribution in [0, 0.1) is 6.92 Å². The van der Waals surface area contributed by atoms with E-state index in [-0.39, 0.29) is 5.91 Å². The Morgan fingerprint density at radius 3 is 2.60 bits per heavy atom. The number of amides is 1. The second-order valence-corrected chi connectivity index (χ2v) is 8.79. The Bertz CT molecular complexity index is 1330. The van der Waals surface area contributed by atoms with Gasteiger partial charge in [0, 0.05) is 43.1 Å². The molecule has 1 aliphatic rings. The highest BCUT2D eigenvalue weighted by Crippen LogP contribution is 2.27. The van der Waals surface area contributed by atoms with Crippen molar-refractivity contribution < 1.29 is 4.79 Å². The van der Waals surface area contributed by atoms with Crippen LogP contribution in [0.1, 0.15) is 31.4 Å². The third kappa shape index (κ3) is 5.46. The maximum Gasteiger partial charge on any atom is 0.231 e. The molecule has 1 amide bonds. The van der Waals surface area contributed by atoms with Crippen molar-refractivity contribution >= 4 is 29.2 Å². The first kappa shape index (κ1) is 22.5. The van der Waals surface area contributed by atoms with E-state index in [2.05, 4.69) is 77.7 Å². The van der Waals surface area contributed by atoms with Crippen molar-refractivity contribution in [2.45, 2.75) is 32.7 Å². The molecular formula is C26H28N8O. The Morgan fingerprint density at radius 2 is 1.80 bits per heavy atom. The van der Waals surface area contributed by atoms with Crippen molar-refractivity contribution in [1.82, 2.24) is 24.7 Å². The monoisotopic (exact) mass is 468 g/mol. The molecule has 2 aromatic carbocycles. The molecule has 0 radical (unpaired) electrons. The molecule has 1 fully saturated rings. The summed E-state index contributed by atoms with van der Waals surface area (Å²) in [4.78, 5) is 26.8. The van der Waals surface area contributed by atoms with E-state index in [1.807, 2.05) is 30.5 Å². The first-order valence-electron chi connectivity index (χ1n) is 11.7. The predicted octanol–water partition coefficient (Wildman–Crippen LogP) is 4.59. The number of carbonyl (C=O) groups excluding carboxylic acids is 1. The van der Waals surface area contributed by atoms with Crippen LogP contribution in [0.25, 0.3) is 11.1 Å². The lowest BCUT2D eigenvalue weighted by atomic mass is 10.1. The molecule has 35 heavy (non-hydrogen) atoms. The summed E-state index contributed by atoms with van der Waals surface area (Å²) < 4.78 is 2.09. The molecule has 5 rings (SSSR count). The summed E-state index contributed by atoms with van der Waals surface area (Å²) in [6.45, 7) is 5.27. The van der Waals surface area contributed by atoms with E-state index >= 15 is 0 Å². The van der Waals surface area contributed by atoms with Gasteiger partial charge in [-0.3, -0.25) is 9.48 Å². The Balaban J connectivity index is 1.22. The molecule has 0 aliphatic carbocycles. The van der Waals surface area contributed by atoms with Crippen LogP contribution in [0.4, 0.5) is 23.3 Å². The molecule has 2 N–H and O–H groups in total. The van der Waals surface area contributed by atoms with E-state index in [0.29, 0.717) is 23.6 Å². The molecule has 2 aromatic heterocycles. The molecule has 0 saturated carbocycles.